The molecule has 21 heavy (non-hydrogen) atoms. The molecule has 0 unspecified atom stereocenters. The van der Waals surface area contributed by atoms with Crippen LogP contribution >= 0.6 is 0 Å². The van der Waals surface area contributed by atoms with Gasteiger partial charge in [0.15, 0.2) is 0 Å². The number of benzene rings is 1. The normalized spacial score (nSPS) is 10.0. The number of nitro benzene ring substituents is 1. The van der Waals surface area contributed by atoms with Crippen LogP contribution in [0.2, 0.25) is 0 Å². The maximum atomic E-state index is 12.3. The summed E-state index contributed by atoms with van der Waals surface area (Å²) in [5.74, 6) is -1.67. The summed E-state index contributed by atoms with van der Waals surface area (Å²) in [6.07, 6.45) is 0.610. The molecule has 0 bridgehead atoms. The van der Waals surface area contributed by atoms with E-state index in [0.717, 1.165) is 6.07 Å². The van der Waals surface area contributed by atoms with E-state index in [0.29, 0.717) is 13.0 Å². The molecule has 0 fully saturated rings. The minimum atomic E-state index is -0.769. The molecule has 0 atom stereocenters. The Morgan fingerprint density at radius 3 is 2.62 bits per heavy atom. The van der Waals surface area contributed by atoms with Crippen LogP contribution < -0.4 is 5.32 Å². The predicted molar refractivity (Wildman–Crippen MR) is 75.0 cm³/mol. The van der Waals surface area contributed by atoms with Crippen molar-refractivity contribution in [2.45, 2.75) is 13.3 Å². The molecular weight excluding hydrogens is 278 g/mol. The standard InChI is InChI=1S/C13H17N3O5/c1-3-7-15(8-11(17)14-2)13(19)9-5-4-6-10(12(9)18)16(20)21/h4-6,18H,3,7-8H2,1-2H3,(H,14,17). The average Bonchev–Trinajstić information content (AvgIpc) is 2.45. The van der Waals surface area contributed by atoms with Crippen molar-refractivity contribution in [3.8, 4) is 5.75 Å². The highest BCUT2D eigenvalue weighted by Crippen LogP contribution is 2.30. The van der Waals surface area contributed by atoms with Crippen LogP contribution in [0, 0.1) is 10.1 Å². The fourth-order valence-corrected chi connectivity index (χ4v) is 1.80. The van der Waals surface area contributed by atoms with Crippen LogP contribution in [-0.4, -0.2) is 46.9 Å². The van der Waals surface area contributed by atoms with E-state index in [9.17, 15) is 24.8 Å². The van der Waals surface area contributed by atoms with Crippen molar-refractivity contribution >= 4 is 17.5 Å². The number of amides is 2. The van der Waals surface area contributed by atoms with Crippen molar-refractivity contribution in [2.24, 2.45) is 0 Å². The van der Waals surface area contributed by atoms with E-state index in [1.165, 1.54) is 24.1 Å². The van der Waals surface area contributed by atoms with Crippen molar-refractivity contribution in [1.82, 2.24) is 10.2 Å². The number of likely N-dealkylation sites (N-methyl/N-ethyl adjacent to an activating group) is 1. The fourth-order valence-electron chi connectivity index (χ4n) is 1.80. The smallest absolute Gasteiger partial charge is 0.311 e. The van der Waals surface area contributed by atoms with Crippen LogP contribution in [0.25, 0.3) is 0 Å². The fraction of sp³-hybridized carbons (Fsp3) is 0.385. The highest BCUT2D eigenvalue weighted by atomic mass is 16.6. The molecule has 0 aliphatic rings. The first-order chi connectivity index (χ1) is 9.92. The van der Waals surface area contributed by atoms with Gasteiger partial charge in [0.25, 0.3) is 5.91 Å². The minimum Gasteiger partial charge on any atom is -0.502 e. The lowest BCUT2D eigenvalue weighted by Gasteiger charge is -2.21. The Bertz CT molecular complexity index is 559. The molecular formula is C13H17N3O5. The van der Waals surface area contributed by atoms with E-state index in [1.54, 1.807) is 0 Å². The quantitative estimate of drug-likeness (QED) is 0.598. The number of phenolic OH excluding ortho intramolecular Hbond substituents is 1. The Kier molecular flexibility index (Phi) is 5.65. The number of carbonyl (C=O) groups excluding carboxylic acids is 2. The van der Waals surface area contributed by atoms with Gasteiger partial charge in [-0.25, -0.2) is 0 Å². The zero-order valence-electron chi connectivity index (χ0n) is 11.8. The number of aromatic hydroxyl groups is 1. The number of hydrogen-bond acceptors (Lipinski definition) is 5. The van der Waals surface area contributed by atoms with Crippen LogP contribution in [-0.2, 0) is 4.79 Å². The average molecular weight is 295 g/mol. The van der Waals surface area contributed by atoms with E-state index >= 15 is 0 Å². The van der Waals surface area contributed by atoms with Gasteiger partial charge in [0.2, 0.25) is 11.7 Å². The maximum Gasteiger partial charge on any atom is 0.311 e. The van der Waals surface area contributed by atoms with Crippen molar-refractivity contribution < 1.29 is 19.6 Å². The lowest BCUT2D eigenvalue weighted by Crippen LogP contribution is -2.40. The van der Waals surface area contributed by atoms with Gasteiger partial charge < -0.3 is 15.3 Å². The SMILES string of the molecule is CCCN(CC(=O)NC)C(=O)c1cccc([N+](=O)[O-])c1O. The topological polar surface area (TPSA) is 113 Å². The van der Waals surface area contributed by atoms with Gasteiger partial charge in [0, 0.05) is 19.7 Å². The third-order valence-electron chi connectivity index (χ3n) is 2.84. The molecule has 0 saturated heterocycles. The molecule has 1 rings (SSSR count). The molecule has 2 amide bonds. The monoisotopic (exact) mass is 295 g/mol. The van der Waals surface area contributed by atoms with Gasteiger partial charge in [-0.15, -0.1) is 0 Å². The van der Waals surface area contributed by atoms with Gasteiger partial charge in [-0.05, 0) is 12.5 Å². The maximum absolute atomic E-state index is 12.3. The Balaban J connectivity index is 3.12. The summed E-state index contributed by atoms with van der Waals surface area (Å²) >= 11 is 0. The number of nitro groups is 1. The van der Waals surface area contributed by atoms with Crippen LogP contribution in [0.3, 0.4) is 0 Å². The second-order valence-electron chi connectivity index (χ2n) is 4.33. The first-order valence-electron chi connectivity index (χ1n) is 6.38. The zero-order chi connectivity index (χ0) is 16.0. The van der Waals surface area contributed by atoms with E-state index in [2.05, 4.69) is 5.32 Å². The predicted octanol–water partition coefficient (Wildman–Crippen LogP) is 0.899. The largest absolute Gasteiger partial charge is 0.502 e. The molecule has 0 saturated carbocycles. The van der Waals surface area contributed by atoms with Crippen LogP contribution in [0.1, 0.15) is 23.7 Å². The van der Waals surface area contributed by atoms with Gasteiger partial charge >= 0.3 is 5.69 Å². The highest BCUT2D eigenvalue weighted by molar-refractivity contribution is 5.99. The summed E-state index contributed by atoms with van der Waals surface area (Å²) in [7, 11) is 1.45. The number of carbonyl (C=O) groups is 2. The molecule has 114 valence electrons. The number of para-hydroxylation sites is 1. The summed E-state index contributed by atoms with van der Waals surface area (Å²) < 4.78 is 0. The van der Waals surface area contributed by atoms with Gasteiger partial charge in [-0.2, -0.15) is 0 Å². The molecule has 8 nitrogen and oxygen atoms in total. The van der Waals surface area contributed by atoms with Gasteiger partial charge in [-0.3, -0.25) is 19.7 Å². The Labute approximate surface area is 121 Å². The zero-order valence-corrected chi connectivity index (χ0v) is 11.8. The summed E-state index contributed by atoms with van der Waals surface area (Å²) in [4.78, 5) is 35.0. The molecule has 0 heterocycles. The van der Waals surface area contributed by atoms with E-state index in [4.69, 9.17) is 0 Å². The lowest BCUT2D eigenvalue weighted by atomic mass is 10.1. The van der Waals surface area contributed by atoms with Crippen molar-refractivity contribution in [1.29, 1.82) is 0 Å². The van der Waals surface area contributed by atoms with Gasteiger partial charge in [-0.1, -0.05) is 13.0 Å². The van der Waals surface area contributed by atoms with Crippen LogP contribution in [0.15, 0.2) is 18.2 Å². The van der Waals surface area contributed by atoms with E-state index in [1.807, 2.05) is 6.92 Å². The number of nitrogens with zero attached hydrogens (tertiary/aromatic N) is 2. The number of phenols is 1. The molecule has 1 aromatic rings. The summed E-state index contributed by atoms with van der Waals surface area (Å²) in [6, 6.07) is 3.71. The molecule has 0 radical (unpaired) electrons. The van der Waals surface area contributed by atoms with Gasteiger partial charge in [0.1, 0.15) is 0 Å². The minimum absolute atomic E-state index is 0.175. The molecule has 0 spiro atoms. The van der Waals surface area contributed by atoms with E-state index < -0.39 is 22.3 Å². The van der Waals surface area contributed by atoms with E-state index in [-0.39, 0.29) is 18.0 Å². The number of rotatable bonds is 6. The molecule has 8 heteroatoms. The molecule has 2 N–H and O–H groups in total. The molecule has 0 aliphatic carbocycles. The number of nitrogens with one attached hydrogen (secondary N) is 1. The second kappa shape index (κ2) is 7.22. The van der Waals surface area contributed by atoms with Crippen molar-refractivity contribution in [3.05, 3.63) is 33.9 Å². The summed E-state index contributed by atoms with van der Waals surface area (Å²) in [5.41, 5.74) is -0.737. The van der Waals surface area contributed by atoms with Crippen molar-refractivity contribution in [2.75, 3.05) is 20.1 Å². The van der Waals surface area contributed by atoms with Crippen molar-refractivity contribution in [3.63, 3.8) is 0 Å². The van der Waals surface area contributed by atoms with Crippen LogP contribution in [0.5, 0.6) is 5.75 Å². The summed E-state index contributed by atoms with van der Waals surface area (Å²) in [5, 5.41) is 23.0. The van der Waals surface area contributed by atoms with Crippen LogP contribution in [0.4, 0.5) is 5.69 Å². The highest BCUT2D eigenvalue weighted by Gasteiger charge is 2.25. The van der Waals surface area contributed by atoms with Gasteiger partial charge in [0.05, 0.1) is 17.0 Å². The molecule has 1 aromatic carbocycles. The second-order valence-corrected chi connectivity index (χ2v) is 4.33. The first-order valence-corrected chi connectivity index (χ1v) is 6.38. The lowest BCUT2D eigenvalue weighted by molar-refractivity contribution is -0.385. The molecule has 0 aliphatic heterocycles. The third kappa shape index (κ3) is 3.91. The summed E-state index contributed by atoms with van der Waals surface area (Å²) in [6.45, 7) is 1.96. The third-order valence-corrected chi connectivity index (χ3v) is 2.84. The Morgan fingerprint density at radius 1 is 1.43 bits per heavy atom. The Morgan fingerprint density at radius 2 is 2.10 bits per heavy atom. The molecule has 0 aromatic heterocycles. The Hall–Kier alpha value is -2.64. The first kappa shape index (κ1) is 16.4. The number of hydrogen-bond donors (Lipinski definition) is 2.